The van der Waals surface area contributed by atoms with Crippen molar-refractivity contribution in [3.8, 4) is 5.75 Å². The van der Waals surface area contributed by atoms with Crippen molar-refractivity contribution in [1.82, 2.24) is 10.2 Å². The second kappa shape index (κ2) is 8.15. The molecule has 0 aliphatic rings. The monoisotopic (exact) mass is 308 g/mol. The van der Waals surface area contributed by atoms with Crippen LogP contribution in [0.25, 0.3) is 0 Å². The molecule has 1 N–H and O–H groups in total. The lowest BCUT2D eigenvalue weighted by molar-refractivity contribution is -0.133. The number of hydrogen-bond donors (Lipinski definition) is 1. The van der Waals surface area contributed by atoms with E-state index in [0.717, 1.165) is 11.3 Å². The Hall–Kier alpha value is -1.59. The number of benzene rings is 1. The Kier molecular flexibility index (Phi) is 6.84. The standard InChI is InChI=1S/C17H28N2O3/c1-13(16(20)18-12-17(2,3)19(4)5)22-11-14-8-7-9-15(10-14)21-6/h7-10,13H,11-12H2,1-6H3,(H,18,20)/t13-/m0/s1. The maximum absolute atomic E-state index is 12.1. The highest BCUT2D eigenvalue weighted by atomic mass is 16.5. The van der Waals surface area contributed by atoms with Gasteiger partial charge in [0.15, 0.2) is 0 Å². The molecule has 0 heterocycles. The van der Waals surface area contributed by atoms with Crippen molar-refractivity contribution in [2.45, 2.75) is 39.0 Å². The third kappa shape index (κ3) is 5.66. The summed E-state index contributed by atoms with van der Waals surface area (Å²) in [5, 5.41) is 2.93. The predicted molar refractivity (Wildman–Crippen MR) is 88.0 cm³/mol. The van der Waals surface area contributed by atoms with E-state index in [1.807, 2.05) is 38.4 Å². The highest BCUT2D eigenvalue weighted by Gasteiger charge is 2.22. The molecule has 1 rings (SSSR count). The van der Waals surface area contributed by atoms with Gasteiger partial charge < -0.3 is 19.7 Å². The number of nitrogens with zero attached hydrogens (tertiary/aromatic N) is 1. The summed E-state index contributed by atoms with van der Waals surface area (Å²) in [7, 11) is 5.62. The average Bonchev–Trinajstić information content (AvgIpc) is 2.50. The third-order valence-corrected chi connectivity index (χ3v) is 3.91. The van der Waals surface area contributed by atoms with Gasteiger partial charge in [-0.2, -0.15) is 0 Å². The first-order valence-corrected chi connectivity index (χ1v) is 7.46. The molecule has 0 aliphatic heterocycles. The first-order chi connectivity index (χ1) is 10.3. The zero-order chi connectivity index (χ0) is 16.8. The molecule has 0 unspecified atom stereocenters. The molecule has 0 saturated carbocycles. The lowest BCUT2D eigenvalue weighted by Gasteiger charge is -2.33. The Morgan fingerprint density at radius 1 is 1.36 bits per heavy atom. The van der Waals surface area contributed by atoms with Crippen molar-refractivity contribution in [1.29, 1.82) is 0 Å². The molecule has 0 spiro atoms. The smallest absolute Gasteiger partial charge is 0.248 e. The molecule has 124 valence electrons. The third-order valence-electron chi connectivity index (χ3n) is 3.91. The van der Waals surface area contributed by atoms with Crippen LogP contribution in [0.1, 0.15) is 26.3 Å². The fourth-order valence-corrected chi connectivity index (χ4v) is 1.66. The minimum absolute atomic E-state index is 0.0951. The average molecular weight is 308 g/mol. The Morgan fingerprint density at radius 3 is 2.64 bits per heavy atom. The number of ether oxygens (including phenoxy) is 2. The van der Waals surface area contributed by atoms with Gasteiger partial charge in [-0.25, -0.2) is 0 Å². The van der Waals surface area contributed by atoms with Crippen LogP contribution in [0.5, 0.6) is 5.75 Å². The summed E-state index contributed by atoms with van der Waals surface area (Å²) < 4.78 is 10.8. The molecule has 22 heavy (non-hydrogen) atoms. The molecule has 0 aromatic heterocycles. The van der Waals surface area contributed by atoms with E-state index in [4.69, 9.17) is 9.47 Å². The number of carbonyl (C=O) groups is 1. The van der Waals surface area contributed by atoms with Crippen molar-refractivity contribution in [2.75, 3.05) is 27.7 Å². The molecule has 5 heteroatoms. The van der Waals surface area contributed by atoms with Gasteiger partial charge in [-0.05, 0) is 52.6 Å². The molecule has 1 atom stereocenters. The quantitative estimate of drug-likeness (QED) is 0.798. The van der Waals surface area contributed by atoms with E-state index < -0.39 is 6.10 Å². The molecular weight excluding hydrogens is 280 g/mol. The van der Waals surface area contributed by atoms with Gasteiger partial charge in [0.2, 0.25) is 5.91 Å². The van der Waals surface area contributed by atoms with E-state index in [1.54, 1.807) is 14.0 Å². The normalized spacial score (nSPS) is 13.0. The van der Waals surface area contributed by atoms with Crippen LogP contribution in [0.2, 0.25) is 0 Å². The van der Waals surface area contributed by atoms with Crippen LogP contribution in [0.15, 0.2) is 24.3 Å². The predicted octanol–water partition coefficient (Wildman–Crippen LogP) is 2.06. The minimum atomic E-state index is -0.496. The Balaban J connectivity index is 2.44. The van der Waals surface area contributed by atoms with E-state index in [0.29, 0.717) is 13.2 Å². The van der Waals surface area contributed by atoms with Gasteiger partial charge in [0.05, 0.1) is 13.7 Å². The fourth-order valence-electron chi connectivity index (χ4n) is 1.66. The number of amides is 1. The largest absolute Gasteiger partial charge is 0.497 e. The van der Waals surface area contributed by atoms with Crippen LogP contribution in [-0.2, 0) is 16.1 Å². The van der Waals surface area contributed by atoms with E-state index in [1.165, 1.54) is 0 Å². The van der Waals surface area contributed by atoms with Gasteiger partial charge in [-0.3, -0.25) is 4.79 Å². The van der Waals surface area contributed by atoms with E-state index in [9.17, 15) is 4.79 Å². The first-order valence-electron chi connectivity index (χ1n) is 7.46. The minimum Gasteiger partial charge on any atom is -0.497 e. The molecule has 1 aromatic carbocycles. The molecule has 0 aliphatic carbocycles. The van der Waals surface area contributed by atoms with Crippen molar-refractivity contribution in [3.63, 3.8) is 0 Å². The van der Waals surface area contributed by atoms with Crippen LogP contribution >= 0.6 is 0 Å². The van der Waals surface area contributed by atoms with Crippen LogP contribution in [0, 0.1) is 0 Å². The summed E-state index contributed by atoms with van der Waals surface area (Å²) in [6.07, 6.45) is -0.496. The number of rotatable bonds is 8. The van der Waals surface area contributed by atoms with Crippen molar-refractivity contribution in [3.05, 3.63) is 29.8 Å². The summed E-state index contributed by atoms with van der Waals surface area (Å²) >= 11 is 0. The zero-order valence-corrected chi connectivity index (χ0v) is 14.5. The Labute approximate surface area is 133 Å². The lowest BCUT2D eigenvalue weighted by atomic mass is 10.0. The van der Waals surface area contributed by atoms with Gasteiger partial charge in [-0.15, -0.1) is 0 Å². The summed E-state index contributed by atoms with van der Waals surface area (Å²) in [5.74, 6) is 0.684. The van der Waals surface area contributed by atoms with Gasteiger partial charge >= 0.3 is 0 Å². The molecule has 0 bridgehead atoms. The molecule has 0 fully saturated rings. The van der Waals surface area contributed by atoms with Gasteiger partial charge in [0, 0.05) is 12.1 Å². The van der Waals surface area contributed by atoms with Crippen molar-refractivity contribution < 1.29 is 14.3 Å². The van der Waals surface area contributed by atoms with Gasteiger partial charge in [0.1, 0.15) is 11.9 Å². The van der Waals surface area contributed by atoms with Crippen LogP contribution in [0.4, 0.5) is 0 Å². The summed E-state index contributed by atoms with van der Waals surface area (Å²) in [6.45, 7) is 6.87. The van der Waals surface area contributed by atoms with Crippen LogP contribution in [-0.4, -0.2) is 50.2 Å². The second-order valence-corrected chi connectivity index (χ2v) is 6.23. The van der Waals surface area contributed by atoms with E-state index in [2.05, 4.69) is 24.1 Å². The number of carbonyl (C=O) groups excluding carboxylic acids is 1. The SMILES string of the molecule is COc1cccc(CO[C@@H](C)C(=O)NCC(C)(C)N(C)C)c1. The Bertz CT molecular complexity index is 487. The zero-order valence-electron chi connectivity index (χ0n) is 14.5. The number of likely N-dealkylation sites (N-methyl/N-ethyl adjacent to an activating group) is 1. The summed E-state index contributed by atoms with van der Waals surface area (Å²) in [4.78, 5) is 14.2. The van der Waals surface area contributed by atoms with Gasteiger partial charge in [-0.1, -0.05) is 12.1 Å². The maximum atomic E-state index is 12.1. The van der Waals surface area contributed by atoms with Gasteiger partial charge in [0.25, 0.3) is 0 Å². The first kappa shape index (κ1) is 18.5. The topological polar surface area (TPSA) is 50.8 Å². The Morgan fingerprint density at radius 2 is 2.05 bits per heavy atom. The molecule has 5 nitrogen and oxygen atoms in total. The van der Waals surface area contributed by atoms with E-state index in [-0.39, 0.29) is 11.4 Å². The van der Waals surface area contributed by atoms with Crippen molar-refractivity contribution >= 4 is 5.91 Å². The van der Waals surface area contributed by atoms with Crippen molar-refractivity contribution in [2.24, 2.45) is 0 Å². The van der Waals surface area contributed by atoms with Crippen LogP contribution < -0.4 is 10.1 Å². The van der Waals surface area contributed by atoms with E-state index >= 15 is 0 Å². The van der Waals surface area contributed by atoms with Crippen LogP contribution in [0.3, 0.4) is 0 Å². The fraction of sp³-hybridized carbons (Fsp3) is 0.588. The highest BCUT2D eigenvalue weighted by molar-refractivity contribution is 5.80. The molecule has 0 saturated heterocycles. The number of nitrogens with one attached hydrogen (secondary N) is 1. The molecule has 1 aromatic rings. The summed E-state index contributed by atoms with van der Waals surface area (Å²) in [5.41, 5.74) is 0.884. The summed E-state index contributed by atoms with van der Waals surface area (Å²) in [6, 6.07) is 7.63. The highest BCUT2D eigenvalue weighted by Crippen LogP contribution is 2.14. The molecule has 1 amide bonds. The number of methoxy groups -OCH3 is 1. The second-order valence-electron chi connectivity index (χ2n) is 6.23. The lowest BCUT2D eigenvalue weighted by Crippen LogP contribution is -2.50. The maximum Gasteiger partial charge on any atom is 0.248 e. The molecular formula is C17H28N2O3. The molecule has 0 radical (unpaired) electrons. The number of hydrogen-bond acceptors (Lipinski definition) is 4.